The van der Waals surface area contributed by atoms with E-state index in [0.717, 1.165) is 0 Å². The molecule has 1 aromatic heterocycles. The van der Waals surface area contributed by atoms with Crippen LogP contribution in [0.2, 0.25) is 0 Å². The Balaban J connectivity index is 2.33. The number of benzene rings is 1. The lowest BCUT2D eigenvalue weighted by atomic mass is 10.2. The van der Waals surface area contributed by atoms with Gasteiger partial charge in [-0.3, -0.25) is 9.78 Å². The Kier molecular flexibility index (Phi) is 5.86. The summed E-state index contributed by atoms with van der Waals surface area (Å²) < 4.78 is 26.9. The minimum Gasteiger partial charge on any atom is -0.321 e. The number of nitrogens with zero attached hydrogens (tertiary/aromatic N) is 3. The lowest BCUT2D eigenvalue weighted by molar-refractivity contribution is 0.102. The van der Waals surface area contributed by atoms with E-state index in [9.17, 15) is 13.2 Å². The molecule has 0 unspecified atom stereocenters. The molecule has 1 aromatic carbocycles. The molecule has 0 saturated heterocycles. The van der Waals surface area contributed by atoms with Gasteiger partial charge in [-0.2, -0.15) is 4.31 Å². The van der Waals surface area contributed by atoms with Gasteiger partial charge in [0.25, 0.3) is 5.91 Å². The summed E-state index contributed by atoms with van der Waals surface area (Å²) in [6.45, 7) is 7.85. The van der Waals surface area contributed by atoms with E-state index in [1.165, 1.54) is 22.8 Å². The van der Waals surface area contributed by atoms with Crippen molar-refractivity contribution in [3.05, 3.63) is 47.5 Å². The number of carbonyl (C=O) groups excluding carboxylic acids is 1. The maximum Gasteiger partial charge on any atom is 0.275 e. The molecule has 0 aliphatic rings. The summed E-state index contributed by atoms with van der Waals surface area (Å²) >= 11 is 0. The summed E-state index contributed by atoms with van der Waals surface area (Å²) in [6.07, 6.45) is 2.88. The van der Waals surface area contributed by atoms with Crippen LogP contribution in [0.3, 0.4) is 0 Å². The van der Waals surface area contributed by atoms with Crippen LogP contribution in [0.1, 0.15) is 35.6 Å². The van der Waals surface area contributed by atoms with Gasteiger partial charge in [0.2, 0.25) is 10.0 Å². The van der Waals surface area contributed by atoms with Gasteiger partial charge in [-0.25, -0.2) is 13.4 Å². The molecule has 0 atom stereocenters. The summed E-state index contributed by atoms with van der Waals surface area (Å²) in [5, 5.41) is 2.67. The van der Waals surface area contributed by atoms with Crippen LogP contribution < -0.4 is 5.32 Å². The second kappa shape index (κ2) is 7.71. The van der Waals surface area contributed by atoms with Crippen molar-refractivity contribution in [3.8, 4) is 0 Å². The van der Waals surface area contributed by atoms with Crippen LogP contribution in [0.25, 0.3) is 0 Å². The van der Waals surface area contributed by atoms with E-state index in [1.807, 2.05) is 0 Å². The van der Waals surface area contributed by atoms with Crippen LogP contribution in [0, 0.1) is 13.8 Å². The Morgan fingerprint density at radius 1 is 1.12 bits per heavy atom. The summed E-state index contributed by atoms with van der Waals surface area (Å²) in [4.78, 5) is 20.5. The topological polar surface area (TPSA) is 92.3 Å². The molecular formula is C17H22N4O3S. The highest BCUT2D eigenvalue weighted by atomic mass is 32.2. The zero-order valence-corrected chi connectivity index (χ0v) is 15.6. The van der Waals surface area contributed by atoms with Gasteiger partial charge in [-0.1, -0.05) is 19.9 Å². The summed E-state index contributed by atoms with van der Waals surface area (Å²) in [6, 6.07) is 4.81. The van der Waals surface area contributed by atoms with Gasteiger partial charge < -0.3 is 5.32 Å². The minimum atomic E-state index is -3.61. The van der Waals surface area contributed by atoms with Crippen molar-refractivity contribution in [2.24, 2.45) is 0 Å². The van der Waals surface area contributed by atoms with Crippen LogP contribution in [0.15, 0.2) is 35.5 Å². The van der Waals surface area contributed by atoms with Crippen molar-refractivity contribution >= 4 is 21.6 Å². The molecular weight excluding hydrogens is 340 g/mol. The van der Waals surface area contributed by atoms with Crippen LogP contribution in [0.4, 0.5) is 5.69 Å². The first-order chi connectivity index (χ1) is 11.8. The van der Waals surface area contributed by atoms with E-state index in [2.05, 4.69) is 15.3 Å². The van der Waals surface area contributed by atoms with Crippen LogP contribution in [-0.4, -0.2) is 41.7 Å². The maximum absolute atomic E-state index is 12.8. The predicted octanol–water partition coefficient (Wildman–Crippen LogP) is 2.38. The molecule has 2 rings (SSSR count). The molecule has 134 valence electrons. The Labute approximate surface area is 148 Å². The van der Waals surface area contributed by atoms with E-state index in [1.54, 1.807) is 39.8 Å². The highest BCUT2D eigenvalue weighted by molar-refractivity contribution is 7.89. The first-order valence-corrected chi connectivity index (χ1v) is 9.44. The monoisotopic (exact) mass is 362 g/mol. The Bertz CT molecular complexity index is 860. The van der Waals surface area contributed by atoms with Crippen molar-refractivity contribution in [3.63, 3.8) is 0 Å². The molecule has 1 heterocycles. The smallest absolute Gasteiger partial charge is 0.275 e. The average molecular weight is 362 g/mol. The molecule has 25 heavy (non-hydrogen) atoms. The maximum atomic E-state index is 12.8. The normalized spacial score (nSPS) is 11.6. The van der Waals surface area contributed by atoms with Gasteiger partial charge in [-0.05, 0) is 31.5 Å². The number of carbonyl (C=O) groups is 1. The third-order valence-corrected chi connectivity index (χ3v) is 5.97. The molecule has 1 N–H and O–H groups in total. The molecule has 8 heteroatoms. The van der Waals surface area contributed by atoms with Gasteiger partial charge in [0.1, 0.15) is 5.69 Å². The van der Waals surface area contributed by atoms with Crippen LogP contribution in [0.5, 0.6) is 0 Å². The standard InChI is InChI=1S/C17H22N4O3S/c1-5-21(6-2)25(23,24)16-9-14(8-7-12(16)3)20-17(22)15-11-18-13(4)10-19-15/h7-11H,5-6H2,1-4H3,(H,20,22). The third kappa shape index (κ3) is 4.21. The number of sulfonamides is 1. The van der Waals surface area contributed by atoms with E-state index in [-0.39, 0.29) is 10.6 Å². The fraction of sp³-hybridized carbons (Fsp3) is 0.353. The molecule has 0 radical (unpaired) electrons. The quantitative estimate of drug-likeness (QED) is 0.852. The van der Waals surface area contributed by atoms with Crippen molar-refractivity contribution in [1.29, 1.82) is 0 Å². The largest absolute Gasteiger partial charge is 0.321 e. The number of hydrogen-bond donors (Lipinski definition) is 1. The number of rotatable bonds is 6. The SMILES string of the molecule is CCN(CC)S(=O)(=O)c1cc(NC(=O)c2cnc(C)cn2)ccc1C. The second-order valence-electron chi connectivity index (χ2n) is 5.57. The molecule has 0 spiro atoms. The Morgan fingerprint density at radius 2 is 1.80 bits per heavy atom. The number of anilines is 1. The number of nitrogens with one attached hydrogen (secondary N) is 1. The Morgan fingerprint density at radius 3 is 2.36 bits per heavy atom. The van der Waals surface area contributed by atoms with Crippen LogP contribution >= 0.6 is 0 Å². The van der Waals surface area contributed by atoms with Crippen molar-refractivity contribution < 1.29 is 13.2 Å². The van der Waals surface area contributed by atoms with Crippen molar-refractivity contribution in [2.45, 2.75) is 32.6 Å². The van der Waals surface area contributed by atoms with E-state index in [4.69, 9.17) is 0 Å². The second-order valence-corrected chi connectivity index (χ2v) is 7.47. The van der Waals surface area contributed by atoms with Crippen molar-refractivity contribution in [1.82, 2.24) is 14.3 Å². The predicted molar refractivity (Wildman–Crippen MR) is 96.0 cm³/mol. The summed E-state index contributed by atoms with van der Waals surface area (Å²) in [7, 11) is -3.61. The first-order valence-electron chi connectivity index (χ1n) is 8.00. The lowest BCUT2D eigenvalue weighted by Gasteiger charge is -2.20. The molecule has 0 fully saturated rings. The summed E-state index contributed by atoms with van der Waals surface area (Å²) in [5.74, 6) is -0.442. The third-order valence-electron chi connectivity index (χ3n) is 3.78. The van der Waals surface area contributed by atoms with Gasteiger partial charge in [0, 0.05) is 25.0 Å². The lowest BCUT2D eigenvalue weighted by Crippen LogP contribution is -2.31. The van der Waals surface area contributed by atoms with Crippen molar-refractivity contribution in [2.75, 3.05) is 18.4 Å². The van der Waals surface area contributed by atoms with E-state index >= 15 is 0 Å². The van der Waals surface area contributed by atoms with E-state index < -0.39 is 15.9 Å². The Hall–Kier alpha value is -2.32. The fourth-order valence-corrected chi connectivity index (χ4v) is 4.07. The number of aryl methyl sites for hydroxylation is 2. The van der Waals surface area contributed by atoms with Gasteiger partial charge in [0.15, 0.2) is 0 Å². The van der Waals surface area contributed by atoms with E-state index in [0.29, 0.717) is 30.0 Å². The first kappa shape index (κ1) is 19.0. The molecule has 0 bridgehead atoms. The highest BCUT2D eigenvalue weighted by Crippen LogP contribution is 2.23. The molecule has 0 saturated carbocycles. The van der Waals surface area contributed by atoms with Gasteiger partial charge in [0.05, 0.1) is 16.8 Å². The minimum absolute atomic E-state index is 0.166. The number of amides is 1. The van der Waals surface area contributed by atoms with Gasteiger partial charge >= 0.3 is 0 Å². The molecule has 1 amide bonds. The zero-order chi connectivity index (χ0) is 18.6. The molecule has 7 nitrogen and oxygen atoms in total. The highest BCUT2D eigenvalue weighted by Gasteiger charge is 2.24. The number of aromatic nitrogens is 2. The van der Waals surface area contributed by atoms with Crippen LogP contribution in [-0.2, 0) is 10.0 Å². The molecule has 0 aliphatic heterocycles. The number of hydrogen-bond acceptors (Lipinski definition) is 5. The zero-order valence-electron chi connectivity index (χ0n) is 14.8. The molecule has 0 aliphatic carbocycles. The fourth-order valence-electron chi connectivity index (χ4n) is 2.36. The summed E-state index contributed by atoms with van der Waals surface area (Å²) in [5.41, 5.74) is 1.89. The van der Waals surface area contributed by atoms with Gasteiger partial charge in [-0.15, -0.1) is 0 Å². The average Bonchev–Trinajstić information content (AvgIpc) is 2.57. The molecule has 2 aromatic rings.